The molecule has 4 heteroatoms. The fraction of sp³-hybridized carbons (Fsp3) is 0.381. The van der Waals surface area contributed by atoms with Crippen molar-refractivity contribution in [3.63, 3.8) is 0 Å². The Labute approximate surface area is 148 Å². The molecule has 0 aliphatic carbocycles. The van der Waals surface area contributed by atoms with Gasteiger partial charge in [-0.05, 0) is 28.7 Å². The molecule has 0 bridgehead atoms. The molecule has 0 aromatic heterocycles. The van der Waals surface area contributed by atoms with E-state index in [0.29, 0.717) is 12.5 Å². The van der Waals surface area contributed by atoms with Crippen molar-refractivity contribution in [2.24, 2.45) is 11.1 Å². The largest absolute Gasteiger partial charge is 0.492 e. The Morgan fingerprint density at radius 2 is 1.80 bits per heavy atom. The number of carbonyl (C=O) groups excluding carboxylic acids is 1. The molecule has 1 aliphatic rings. The molecule has 2 N–H and O–H groups in total. The van der Waals surface area contributed by atoms with E-state index in [0.717, 1.165) is 22.4 Å². The maximum atomic E-state index is 11.3. The average molecular weight is 339 g/mol. The molecule has 2 aromatic rings. The van der Waals surface area contributed by atoms with Crippen LogP contribution in [0.3, 0.4) is 0 Å². The van der Waals surface area contributed by atoms with Crippen LogP contribution in [0.25, 0.3) is 11.1 Å². The quantitative estimate of drug-likeness (QED) is 0.853. The number of carbonyl (C=O) groups is 1. The summed E-state index contributed by atoms with van der Waals surface area (Å²) < 4.78 is 11.3. The monoisotopic (exact) mass is 339 g/mol. The van der Waals surface area contributed by atoms with E-state index in [1.165, 1.54) is 5.56 Å². The van der Waals surface area contributed by atoms with Crippen LogP contribution in [0.2, 0.25) is 0 Å². The van der Waals surface area contributed by atoms with Crippen molar-refractivity contribution in [3.05, 3.63) is 53.6 Å². The van der Waals surface area contributed by atoms with Crippen molar-refractivity contribution in [3.8, 4) is 16.9 Å². The molecule has 132 valence electrons. The third kappa shape index (κ3) is 3.48. The van der Waals surface area contributed by atoms with Crippen molar-refractivity contribution in [1.82, 2.24) is 0 Å². The van der Waals surface area contributed by atoms with Crippen molar-refractivity contribution in [2.75, 3.05) is 6.61 Å². The van der Waals surface area contributed by atoms with Gasteiger partial charge in [0.1, 0.15) is 11.9 Å². The molecule has 25 heavy (non-hydrogen) atoms. The summed E-state index contributed by atoms with van der Waals surface area (Å²) in [5.41, 5.74) is 9.31. The summed E-state index contributed by atoms with van der Waals surface area (Å²) in [7, 11) is 0. The van der Waals surface area contributed by atoms with E-state index in [4.69, 9.17) is 15.2 Å². The van der Waals surface area contributed by atoms with E-state index in [2.05, 4.69) is 38.1 Å². The maximum Gasteiger partial charge on any atom is 0.405 e. The zero-order chi connectivity index (χ0) is 18.2. The molecule has 0 saturated heterocycles. The standard InChI is InChI=1S/C21H25NO3/c1-13(2)14-5-7-15(8-6-14)16-9-10-17-18(11-16)24-12-21(3,4)19(17)25-20(22)23/h5-11,13,19H,12H2,1-4H3,(H2,22,23). The first-order chi connectivity index (χ1) is 11.8. The third-order valence-electron chi connectivity index (χ3n) is 4.75. The molecule has 0 saturated carbocycles. The van der Waals surface area contributed by atoms with Crippen molar-refractivity contribution >= 4 is 6.09 Å². The first-order valence-electron chi connectivity index (χ1n) is 8.61. The van der Waals surface area contributed by atoms with E-state index in [1.54, 1.807) is 0 Å². The second-order valence-corrected chi connectivity index (χ2v) is 7.62. The summed E-state index contributed by atoms with van der Waals surface area (Å²) in [5, 5.41) is 0. The normalized spacial score (nSPS) is 18.4. The zero-order valence-electron chi connectivity index (χ0n) is 15.2. The van der Waals surface area contributed by atoms with Gasteiger partial charge in [-0.2, -0.15) is 0 Å². The number of benzene rings is 2. The third-order valence-corrected chi connectivity index (χ3v) is 4.75. The highest BCUT2D eigenvalue weighted by Crippen LogP contribution is 2.46. The van der Waals surface area contributed by atoms with Gasteiger partial charge >= 0.3 is 6.09 Å². The summed E-state index contributed by atoms with van der Waals surface area (Å²) in [5.74, 6) is 1.26. The van der Waals surface area contributed by atoms with Gasteiger partial charge in [-0.15, -0.1) is 0 Å². The highest BCUT2D eigenvalue weighted by atomic mass is 16.6. The second-order valence-electron chi connectivity index (χ2n) is 7.62. The highest BCUT2D eigenvalue weighted by Gasteiger charge is 2.40. The molecule has 0 spiro atoms. The molecule has 0 fully saturated rings. The lowest BCUT2D eigenvalue weighted by molar-refractivity contribution is -0.0176. The van der Waals surface area contributed by atoms with Crippen LogP contribution in [-0.4, -0.2) is 12.7 Å². The maximum absolute atomic E-state index is 11.3. The number of fused-ring (bicyclic) bond motifs is 1. The minimum Gasteiger partial charge on any atom is -0.492 e. The number of hydrogen-bond donors (Lipinski definition) is 1. The molecule has 4 nitrogen and oxygen atoms in total. The Morgan fingerprint density at radius 1 is 1.16 bits per heavy atom. The van der Waals surface area contributed by atoms with Crippen molar-refractivity contribution in [1.29, 1.82) is 0 Å². The molecule has 3 rings (SSSR count). The number of hydrogen-bond acceptors (Lipinski definition) is 3. The van der Waals surface area contributed by atoms with Gasteiger partial charge in [0.15, 0.2) is 0 Å². The minimum absolute atomic E-state index is 0.331. The summed E-state index contributed by atoms with van der Waals surface area (Å²) in [6.45, 7) is 8.84. The van der Waals surface area contributed by atoms with E-state index in [9.17, 15) is 4.79 Å². The summed E-state index contributed by atoms with van der Waals surface area (Å²) in [6.07, 6.45) is -1.18. The van der Waals surface area contributed by atoms with Crippen LogP contribution in [0.1, 0.15) is 50.8 Å². The van der Waals surface area contributed by atoms with Gasteiger partial charge in [-0.1, -0.05) is 64.1 Å². The molecule has 1 heterocycles. The molecule has 1 atom stereocenters. The van der Waals surface area contributed by atoms with Crippen LogP contribution in [0, 0.1) is 5.41 Å². The number of ether oxygens (including phenoxy) is 2. The summed E-state index contributed by atoms with van der Waals surface area (Å²) >= 11 is 0. The van der Waals surface area contributed by atoms with E-state index in [1.807, 2.05) is 32.0 Å². The molecule has 1 amide bonds. The molecular weight excluding hydrogens is 314 g/mol. The Hall–Kier alpha value is -2.49. The SMILES string of the molecule is CC(C)c1ccc(-c2ccc3c(c2)OCC(C)(C)C3OC(N)=O)cc1. The van der Waals surface area contributed by atoms with Gasteiger partial charge in [0.05, 0.1) is 6.61 Å². The van der Waals surface area contributed by atoms with Crippen LogP contribution in [0.4, 0.5) is 4.79 Å². The van der Waals surface area contributed by atoms with Crippen LogP contribution >= 0.6 is 0 Å². The number of rotatable bonds is 3. The molecular formula is C21H25NO3. The van der Waals surface area contributed by atoms with E-state index >= 15 is 0 Å². The van der Waals surface area contributed by atoms with E-state index in [-0.39, 0.29) is 5.41 Å². The van der Waals surface area contributed by atoms with Gasteiger partial charge in [-0.25, -0.2) is 4.79 Å². The molecule has 2 aromatic carbocycles. The average Bonchev–Trinajstić information content (AvgIpc) is 2.57. The lowest BCUT2D eigenvalue weighted by Crippen LogP contribution is -2.37. The number of nitrogens with two attached hydrogens (primary N) is 1. The van der Waals surface area contributed by atoms with E-state index < -0.39 is 12.2 Å². The molecule has 1 aliphatic heterocycles. The Kier molecular flexibility index (Phi) is 4.46. The molecule has 1 unspecified atom stereocenters. The van der Waals surface area contributed by atoms with Gasteiger partial charge in [0.25, 0.3) is 0 Å². The van der Waals surface area contributed by atoms with Gasteiger partial charge in [-0.3, -0.25) is 0 Å². The first kappa shape index (κ1) is 17.3. The van der Waals surface area contributed by atoms with Crippen molar-refractivity contribution < 1.29 is 14.3 Å². The van der Waals surface area contributed by atoms with Crippen LogP contribution in [-0.2, 0) is 4.74 Å². The molecule has 0 radical (unpaired) electrons. The Bertz CT molecular complexity index is 778. The summed E-state index contributed by atoms with van der Waals surface area (Å²) in [4.78, 5) is 11.3. The number of primary amides is 1. The van der Waals surface area contributed by atoms with Gasteiger partial charge < -0.3 is 15.2 Å². The fourth-order valence-corrected chi connectivity index (χ4v) is 3.22. The highest BCUT2D eigenvalue weighted by molar-refractivity contribution is 5.68. The lowest BCUT2D eigenvalue weighted by atomic mass is 9.80. The Morgan fingerprint density at radius 3 is 2.40 bits per heavy atom. The Balaban J connectivity index is 1.95. The number of amides is 1. The lowest BCUT2D eigenvalue weighted by Gasteiger charge is -2.38. The zero-order valence-corrected chi connectivity index (χ0v) is 15.2. The summed E-state index contributed by atoms with van der Waals surface area (Å²) in [6, 6.07) is 14.6. The predicted molar refractivity (Wildman–Crippen MR) is 98.7 cm³/mol. The van der Waals surface area contributed by atoms with Gasteiger partial charge in [0, 0.05) is 11.0 Å². The second kappa shape index (κ2) is 6.43. The predicted octanol–water partition coefficient (Wildman–Crippen LogP) is 5.03. The fourth-order valence-electron chi connectivity index (χ4n) is 3.22. The van der Waals surface area contributed by atoms with Crippen LogP contribution in [0.15, 0.2) is 42.5 Å². The van der Waals surface area contributed by atoms with Gasteiger partial charge in [0.2, 0.25) is 0 Å². The van der Waals surface area contributed by atoms with Crippen LogP contribution < -0.4 is 10.5 Å². The minimum atomic E-state index is -0.765. The van der Waals surface area contributed by atoms with Crippen molar-refractivity contribution in [2.45, 2.75) is 39.7 Å². The topological polar surface area (TPSA) is 61.6 Å². The van der Waals surface area contributed by atoms with Crippen LogP contribution in [0.5, 0.6) is 5.75 Å². The first-order valence-corrected chi connectivity index (χ1v) is 8.61. The smallest absolute Gasteiger partial charge is 0.405 e.